The molecule has 0 bridgehead atoms. The van der Waals surface area contributed by atoms with Crippen molar-refractivity contribution in [1.82, 2.24) is 0 Å². The van der Waals surface area contributed by atoms with Gasteiger partial charge in [-0.15, -0.1) is 6.42 Å². The number of hydrogen-bond acceptors (Lipinski definition) is 7. The van der Waals surface area contributed by atoms with Crippen molar-refractivity contribution >= 4 is 0 Å². The first-order valence-electron chi connectivity index (χ1n) is 6.48. The molecule has 1 aliphatic rings. The maximum absolute atomic E-state index is 9.69. The normalized spacial score (nSPS) is 33.9. The predicted octanol–water partition coefficient (Wildman–Crippen LogP) is -1.50. The Morgan fingerprint density at radius 3 is 2.35 bits per heavy atom. The Morgan fingerprint density at radius 2 is 1.65 bits per heavy atom. The van der Waals surface area contributed by atoms with Crippen molar-refractivity contribution < 1.29 is 34.3 Å². The van der Waals surface area contributed by atoms with Crippen LogP contribution in [0.1, 0.15) is 6.92 Å². The molecule has 0 saturated carbocycles. The van der Waals surface area contributed by atoms with E-state index in [4.69, 9.17) is 25.4 Å². The number of ether oxygens (including phenoxy) is 4. The molecule has 2 unspecified atom stereocenters. The lowest BCUT2D eigenvalue weighted by Crippen LogP contribution is -2.57. The van der Waals surface area contributed by atoms with E-state index in [0.29, 0.717) is 19.8 Å². The molecule has 116 valence electrons. The first-order valence-corrected chi connectivity index (χ1v) is 6.48. The van der Waals surface area contributed by atoms with Gasteiger partial charge in [0.1, 0.15) is 24.9 Å². The maximum atomic E-state index is 9.69. The summed E-state index contributed by atoms with van der Waals surface area (Å²) >= 11 is 0. The lowest BCUT2D eigenvalue weighted by molar-refractivity contribution is -0.294. The average molecular weight is 290 g/mol. The molecule has 5 atom stereocenters. The topological polar surface area (TPSA) is 97.6 Å². The van der Waals surface area contributed by atoms with Gasteiger partial charge in [0.05, 0.1) is 32.5 Å². The summed E-state index contributed by atoms with van der Waals surface area (Å²) in [5.74, 6) is 2.34. The highest BCUT2D eigenvalue weighted by Crippen LogP contribution is 2.21. The third-order valence-electron chi connectivity index (χ3n) is 2.88. The molecule has 1 heterocycles. The van der Waals surface area contributed by atoms with Crippen molar-refractivity contribution in [3.05, 3.63) is 0 Å². The first-order chi connectivity index (χ1) is 9.57. The molecule has 0 spiro atoms. The van der Waals surface area contributed by atoms with Gasteiger partial charge in [-0.2, -0.15) is 0 Å². The molecule has 7 heteroatoms. The van der Waals surface area contributed by atoms with Crippen LogP contribution < -0.4 is 0 Å². The SMILES string of the molecule is C#CCOCCOCCO[C@@H]1OC(C)[C@@H](O)C(O)[C@H]1O. The molecule has 1 saturated heterocycles. The highest BCUT2D eigenvalue weighted by Gasteiger charge is 2.42. The molecule has 1 aliphatic heterocycles. The van der Waals surface area contributed by atoms with Crippen LogP contribution in [-0.2, 0) is 18.9 Å². The molecule has 1 fully saturated rings. The van der Waals surface area contributed by atoms with Crippen molar-refractivity contribution in [2.75, 3.05) is 33.0 Å². The Labute approximate surface area is 118 Å². The molecule has 0 radical (unpaired) electrons. The van der Waals surface area contributed by atoms with E-state index in [2.05, 4.69) is 5.92 Å². The van der Waals surface area contributed by atoms with Crippen LogP contribution in [-0.4, -0.2) is 79.1 Å². The Hall–Kier alpha value is -0.720. The van der Waals surface area contributed by atoms with E-state index in [1.165, 1.54) is 0 Å². The van der Waals surface area contributed by atoms with E-state index in [0.717, 1.165) is 0 Å². The molecule has 0 amide bonds. The van der Waals surface area contributed by atoms with E-state index >= 15 is 0 Å². The Morgan fingerprint density at radius 1 is 1.00 bits per heavy atom. The van der Waals surface area contributed by atoms with Crippen molar-refractivity contribution in [3.8, 4) is 12.3 Å². The molecule has 0 aromatic rings. The Balaban J connectivity index is 2.11. The van der Waals surface area contributed by atoms with E-state index in [9.17, 15) is 15.3 Å². The molecule has 0 aromatic carbocycles. The first kappa shape index (κ1) is 17.3. The number of aliphatic hydroxyl groups excluding tert-OH is 3. The largest absolute Gasteiger partial charge is 0.388 e. The minimum atomic E-state index is -1.29. The van der Waals surface area contributed by atoms with E-state index in [1.54, 1.807) is 6.92 Å². The molecule has 3 N–H and O–H groups in total. The lowest BCUT2D eigenvalue weighted by Gasteiger charge is -2.38. The molecular formula is C13H22O7. The third-order valence-corrected chi connectivity index (χ3v) is 2.88. The number of terminal acetylenes is 1. The van der Waals surface area contributed by atoms with Gasteiger partial charge in [-0.3, -0.25) is 0 Å². The lowest BCUT2D eigenvalue weighted by atomic mass is 10.0. The molecule has 1 rings (SSSR count). The van der Waals surface area contributed by atoms with Gasteiger partial charge in [-0.25, -0.2) is 0 Å². The highest BCUT2D eigenvalue weighted by molar-refractivity contribution is 4.87. The predicted molar refractivity (Wildman–Crippen MR) is 68.8 cm³/mol. The van der Waals surface area contributed by atoms with E-state index in [1.807, 2.05) is 0 Å². The molecular weight excluding hydrogens is 268 g/mol. The summed E-state index contributed by atoms with van der Waals surface area (Å²) in [4.78, 5) is 0. The zero-order valence-electron chi connectivity index (χ0n) is 11.5. The molecule has 0 aliphatic carbocycles. The van der Waals surface area contributed by atoms with Gasteiger partial charge in [-0.05, 0) is 6.92 Å². The van der Waals surface area contributed by atoms with E-state index in [-0.39, 0.29) is 13.2 Å². The fourth-order valence-corrected chi connectivity index (χ4v) is 1.73. The number of rotatable bonds is 8. The van der Waals surface area contributed by atoms with Gasteiger partial charge < -0.3 is 34.3 Å². The van der Waals surface area contributed by atoms with Gasteiger partial charge in [0.2, 0.25) is 0 Å². The molecule has 20 heavy (non-hydrogen) atoms. The summed E-state index contributed by atoms with van der Waals surface area (Å²) < 4.78 is 20.7. The van der Waals surface area contributed by atoms with Crippen LogP contribution in [0.2, 0.25) is 0 Å². The van der Waals surface area contributed by atoms with Crippen LogP contribution in [0, 0.1) is 12.3 Å². The Kier molecular flexibility index (Phi) is 8.02. The molecule has 0 aromatic heterocycles. The summed E-state index contributed by atoms with van der Waals surface area (Å²) in [5, 5.41) is 28.8. The fraction of sp³-hybridized carbons (Fsp3) is 0.846. The zero-order valence-corrected chi connectivity index (χ0v) is 11.5. The van der Waals surface area contributed by atoms with Crippen molar-refractivity contribution in [1.29, 1.82) is 0 Å². The standard InChI is InChI=1S/C13H22O7/c1-3-4-17-5-6-18-7-8-19-13-12(16)11(15)10(14)9(2)20-13/h1,9-16H,4-8H2,2H3/t9?,10-,11?,12-,13-/m1/s1. The van der Waals surface area contributed by atoms with Gasteiger partial charge in [-0.1, -0.05) is 5.92 Å². The smallest absolute Gasteiger partial charge is 0.186 e. The third kappa shape index (κ3) is 5.34. The summed E-state index contributed by atoms with van der Waals surface area (Å²) in [6.45, 7) is 3.10. The Bertz CT molecular complexity index is 304. The van der Waals surface area contributed by atoms with Gasteiger partial charge in [0.15, 0.2) is 6.29 Å². The second kappa shape index (κ2) is 9.26. The summed E-state index contributed by atoms with van der Waals surface area (Å²) in [6.07, 6.45) is -0.301. The quantitative estimate of drug-likeness (QED) is 0.369. The van der Waals surface area contributed by atoms with E-state index < -0.39 is 30.7 Å². The number of aliphatic hydroxyl groups is 3. The van der Waals surface area contributed by atoms with Crippen molar-refractivity contribution in [3.63, 3.8) is 0 Å². The van der Waals surface area contributed by atoms with Crippen LogP contribution in [0.4, 0.5) is 0 Å². The van der Waals surface area contributed by atoms with Crippen LogP contribution in [0.5, 0.6) is 0 Å². The minimum absolute atomic E-state index is 0.187. The zero-order chi connectivity index (χ0) is 15.0. The fourth-order valence-electron chi connectivity index (χ4n) is 1.73. The second-order valence-electron chi connectivity index (χ2n) is 4.42. The van der Waals surface area contributed by atoms with Crippen molar-refractivity contribution in [2.24, 2.45) is 0 Å². The van der Waals surface area contributed by atoms with Crippen molar-refractivity contribution in [2.45, 2.75) is 37.6 Å². The summed E-state index contributed by atoms with van der Waals surface area (Å²) in [7, 11) is 0. The maximum Gasteiger partial charge on any atom is 0.186 e. The van der Waals surface area contributed by atoms with Crippen LogP contribution in [0.3, 0.4) is 0 Å². The van der Waals surface area contributed by atoms with Crippen LogP contribution in [0.15, 0.2) is 0 Å². The van der Waals surface area contributed by atoms with Crippen LogP contribution in [0.25, 0.3) is 0 Å². The van der Waals surface area contributed by atoms with Crippen LogP contribution >= 0.6 is 0 Å². The van der Waals surface area contributed by atoms with Gasteiger partial charge >= 0.3 is 0 Å². The molecule has 7 nitrogen and oxygen atoms in total. The highest BCUT2D eigenvalue weighted by atomic mass is 16.7. The minimum Gasteiger partial charge on any atom is -0.388 e. The number of hydrogen-bond donors (Lipinski definition) is 3. The van der Waals surface area contributed by atoms with Gasteiger partial charge in [0.25, 0.3) is 0 Å². The monoisotopic (exact) mass is 290 g/mol. The average Bonchev–Trinajstić information content (AvgIpc) is 2.44. The summed E-state index contributed by atoms with van der Waals surface area (Å²) in [6, 6.07) is 0. The van der Waals surface area contributed by atoms with Gasteiger partial charge in [0, 0.05) is 0 Å². The second-order valence-corrected chi connectivity index (χ2v) is 4.42. The summed E-state index contributed by atoms with van der Waals surface area (Å²) in [5.41, 5.74) is 0.